The Labute approximate surface area is 181 Å². The van der Waals surface area contributed by atoms with Crippen molar-refractivity contribution in [2.45, 2.75) is 37.8 Å². The van der Waals surface area contributed by atoms with Crippen LogP contribution < -0.4 is 9.64 Å². The molecule has 0 fully saturated rings. The summed E-state index contributed by atoms with van der Waals surface area (Å²) in [4.78, 5) is 12.8. The highest BCUT2D eigenvalue weighted by molar-refractivity contribution is 7.85. The van der Waals surface area contributed by atoms with Crippen molar-refractivity contribution in [2.75, 3.05) is 17.2 Å². The first-order valence-corrected chi connectivity index (χ1v) is 11.6. The van der Waals surface area contributed by atoms with Crippen molar-refractivity contribution in [2.24, 2.45) is 0 Å². The summed E-state index contributed by atoms with van der Waals surface area (Å²) in [5.74, 6) is 0.142. The van der Waals surface area contributed by atoms with Crippen LogP contribution in [-0.4, -0.2) is 35.9 Å². The summed E-state index contributed by atoms with van der Waals surface area (Å²) in [5.41, 5.74) is 1.32. The van der Waals surface area contributed by atoms with Crippen molar-refractivity contribution in [1.29, 1.82) is 0 Å². The molecule has 0 aromatic heterocycles. The van der Waals surface area contributed by atoms with Crippen LogP contribution in [0.1, 0.15) is 37.8 Å². The fraction of sp³-hybridized carbons (Fsp3) is 0.364. The van der Waals surface area contributed by atoms with Gasteiger partial charge in [-0.05, 0) is 56.5 Å². The summed E-state index contributed by atoms with van der Waals surface area (Å²) in [5, 5.41) is 11.1. The van der Waals surface area contributed by atoms with Gasteiger partial charge in [0.1, 0.15) is 5.75 Å². The highest BCUT2D eigenvalue weighted by Gasteiger charge is 2.58. The fourth-order valence-corrected chi connectivity index (χ4v) is 5.10. The monoisotopic (exact) mass is 443 g/mol. The Kier molecular flexibility index (Phi) is 5.06. The van der Waals surface area contributed by atoms with Gasteiger partial charge in [0, 0.05) is 35.7 Å². The lowest BCUT2D eigenvalue weighted by Crippen LogP contribution is -2.59. The molecule has 0 saturated carbocycles. The molecule has 31 heavy (non-hydrogen) atoms. The number of hydrogen-bond acceptors (Lipinski definition) is 7. The average Bonchev–Trinajstić information content (AvgIpc) is 2.88. The van der Waals surface area contributed by atoms with E-state index in [9.17, 15) is 23.1 Å². The minimum atomic E-state index is -4.26. The molecule has 0 bridgehead atoms. The fourth-order valence-electron chi connectivity index (χ4n) is 4.54. The zero-order valence-electron chi connectivity index (χ0n) is 17.3. The second kappa shape index (κ2) is 7.35. The van der Waals surface area contributed by atoms with Gasteiger partial charge in [-0.15, -0.1) is 0 Å². The number of rotatable bonds is 6. The van der Waals surface area contributed by atoms with Crippen molar-refractivity contribution < 1.29 is 22.6 Å². The topological polar surface area (TPSA) is 113 Å². The third-order valence-corrected chi connectivity index (χ3v) is 6.94. The molecule has 1 unspecified atom stereocenters. The Morgan fingerprint density at radius 1 is 1.13 bits per heavy atom. The Morgan fingerprint density at radius 2 is 1.87 bits per heavy atom. The number of anilines is 1. The van der Waals surface area contributed by atoms with Gasteiger partial charge in [0.15, 0.2) is 0 Å². The van der Waals surface area contributed by atoms with Gasteiger partial charge in [-0.1, -0.05) is 18.2 Å². The predicted molar refractivity (Wildman–Crippen MR) is 116 cm³/mol. The molecule has 9 heteroatoms. The van der Waals surface area contributed by atoms with E-state index in [2.05, 4.69) is 18.7 Å². The van der Waals surface area contributed by atoms with Gasteiger partial charge in [0.2, 0.25) is 5.72 Å². The Balaban J connectivity index is 1.72. The Hall–Kier alpha value is -2.91. The molecular weight excluding hydrogens is 420 g/mol. The van der Waals surface area contributed by atoms with Crippen molar-refractivity contribution in [1.82, 2.24) is 0 Å². The van der Waals surface area contributed by atoms with Crippen LogP contribution in [0.2, 0.25) is 0 Å². The van der Waals surface area contributed by atoms with E-state index in [4.69, 9.17) is 4.74 Å². The number of benzene rings is 2. The normalized spacial score (nSPS) is 20.9. The van der Waals surface area contributed by atoms with E-state index >= 15 is 0 Å². The molecule has 2 aromatic rings. The van der Waals surface area contributed by atoms with Crippen LogP contribution in [0.4, 0.5) is 11.4 Å². The Morgan fingerprint density at radius 3 is 2.58 bits per heavy atom. The van der Waals surface area contributed by atoms with Gasteiger partial charge in [-0.3, -0.25) is 10.1 Å². The number of ether oxygens (including phenoxy) is 1. The zero-order valence-corrected chi connectivity index (χ0v) is 18.1. The summed E-state index contributed by atoms with van der Waals surface area (Å²) in [6.07, 6.45) is 4.52. The minimum Gasteiger partial charge on any atom is -0.748 e. The third-order valence-electron chi connectivity index (χ3n) is 6.15. The maximum absolute atomic E-state index is 11.1. The number of hydrogen-bond donors (Lipinski definition) is 0. The summed E-state index contributed by atoms with van der Waals surface area (Å²) >= 11 is 0. The molecule has 4 rings (SSSR count). The molecule has 0 aliphatic carbocycles. The molecule has 8 nitrogen and oxygen atoms in total. The molecule has 1 spiro atoms. The lowest BCUT2D eigenvalue weighted by atomic mass is 9.76. The van der Waals surface area contributed by atoms with Crippen molar-refractivity contribution in [3.05, 3.63) is 69.8 Å². The van der Waals surface area contributed by atoms with Crippen LogP contribution in [0.5, 0.6) is 5.75 Å². The molecule has 2 aromatic carbocycles. The average molecular weight is 444 g/mol. The van der Waals surface area contributed by atoms with Crippen LogP contribution in [0, 0.1) is 10.1 Å². The van der Waals surface area contributed by atoms with Gasteiger partial charge in [-0.2, -0.15) is 0 Å². The summed E-state index contributed by atoms with van der Waals surface area (Å²) in [6, 6.07) is 12.5. The van der Waals surface area contributed by atoms with E-state index in [0.717, 1.165) is 11.3 Å². The highest BCUT2D eigenvalue weighted by atomic mass is 32.2. The first kappa shape index (κ1) is 21.3. The van der Waals surface area contributed by atoms with Crippen molar-refractivity contribution in [3.63, 3.8) is 0 Å². The number of nitro benzene ring substituents is 1. The summed E-state index contributed by atoms with van der Waals surface area (Å²) < 4.78 is 39.5. The second-order valence-electron chi connectivity index (χ2n) is 8.37. The van der Waals surface area contributed by atoms with E-state index in [1.165, 1.54) is 12.1 Å². The smallest absolute Gasteiger partial charge is 0.270 e. The Bertz CT molecular complexity index is 1170. The number of nitro groups is 1. The van der Waals surface area contributed by atoms with Crippen molar-refractivity contribution >= 4 is 27.6 Å². The highest BCUT2D eigenvalue weighted by Crippen LogP contribution is 2.55. The van der Waals surface area contributed by atoms with Gasteiger partial charge >= 0.3 is 0 Å². The van der Waals surface area contributed by atoms with E-state index < -0.39 is 31.9 Å². The van der Waals surface area contributed by atoms with Crippen LogP contribution in [0.3, 0.4) is 0 Å². The molecule has 0 saturated heterocycles. The lowest BCUT2D eigenvalue weighted by molar-refractivity contribution is -0.384. The predicted octanol–water partition coefficient (Wildman–Crippen LogP) is 3.82. The van der Waals surface area contributed by atoms with Crippen LogP contribution in [0.15, 0.2) is 48.5 Å². The number of fused-ring (bicyclic) bond motifs is 2. The SMILES string of the molecule is CC1(C)c2ccccc2N(CCCCS(=O)(=O)[O-])C12C=Cc1cc([N+](=O)[O-])ccc1O2. The van der Waals surface area contributed by atoms with Gasteiger partial charge in [0.05, 0.1) is 20.5 Å². The third kappa shape index (κ3) is 3.57. The molecule has 2 aliphatic heterocycles. The van der Waals surface area contributed by atoms with Crippen LogP contribution in [-0.2, 0) is 15.5 Å². The molecule has 0 radical (unpaired) electrons. The molecule has 0 N–H and O–H groups in total. The maximum Gasteiger partial charge on any atom is 0.270 e. The van der Waals surface area contributed by atoms with Gasteiger partial charge < -0.3 is 14.2 Å². The largest absolute Gasteiger partial charge is 0.748 e. The zero-order chi connectivity index (χ0) is 22.4. The molecule has 0 amide bonds. The second-order valence-corrected chi connectivity index (χ2v) is 9.90. The molecule has 1 atom stereocenters. The van der Waals surface area contributed by atoms with Crippen LogP contribution in [0.25, 0.3) is 6.08 Å². The van der Waals surface area contributed by atoms with Gasteiger partial charge in [0.25, 0.3) is 5.69 Å². The maximum atomic E-state index is 11.1. The van der Waals surface area contributed by atoms with Gasteiger partial charge in [-0.25, -0.2) is 8.42 Å². The number of nitrogens with zero attached hydrogens (tertiary/aromatic N) is 2. The molecule has 2 heterocycles. The van der Waals surface area contributed by atoms with Crippen molar-refractivity contribution in [3.8, 4) is 5.75 Å². The molecular formula is C22H23N2O6S-. The number of non-ortho nitro benzene ring substituents is 1. The van der Waals surface area contributed by atoms with E-state index in [1.54, 1.807) is 6.07 Å². The summed E-state index contributed by atoms with van der Waals surface area (Å²) in [7, 11) is -4.26. The lowest BCUT2D eigenvalue weighted by Gasteiger charge is -2.47. The van der Waals surface area contributed by atoms with E-state index in [-0.39, 0.29) is 12.1 Å². The number of unbranched alkanes of at least 4 members (excludes halogenated alkanes) is 1. The van der Waals surface area contributed by atoms with E-state index in [0.29, 0.717) is 24.3 Å². The van der Waals surface area contributed by atoms with E-state index in [1.807, 2.05) is 36.4 Å². The minimum absolute atomic E-state index is 0.00685. The first-order chi connectivity index (χ1) is 14.6. The molecule has 2 aliphatic rings. The number of para-hydroxylation sites is 1. The quantitative estimate of drug-likeness (QED) is 0.289. The summed E-state index contributed by atoms with van der Waals surface area (Å²) in [6.45, 7) is 4.64. The molecule has 164 valence electrons. The standard InChI is InChI=1S/C22H24N2O6S/c1-21(2)18-7-3-4-8-19(18)23(13-5-6-14-31(27,28)29)22(21)12-11-16-15-17(24(25)26)9-10-20(16)30-22/h3-4,7-12,15H,5-6,13-14H2,1-2H3,(H,27,28,29)/p-1. The first-order valence-electron chi connectivity index (χ1n) is 10.0. The van der Waals surface area contributed by atoms with Crippen LogP contribution >= 0.6 is 0 Å².